The van der Waals surface area contributed by atoms with Crippen LogP contribution in [-0.2, 0) is 28.5 Å². The van der Waals surface area contributed by atoms with Gasteiger partial charge in [-0.2, -0.15) is 0 Å². The minimum atomic E-state index is -0.453. The van der Waals surface area contributed by atoms with Crippen LogP contribution in [0.15, 0.2) is 24.3 Å². The third-order valence-electron chi connectivity index (χ3n) is 11.0. The van der Waals surface area contributed by atoms with Crippen molar-refractivity contribution in [2.75, 3.05) is 14.1 Å². The van der Waals surface area contributed by atoms with Crippen molar-refractivity contribution in [3.05, 3.63) is 24.3 Å². The summed E-state index contributed by atoms with van der Waals surface area (Å²) in [6, 6.07) is 0. The first-order valence-corrected chi connectivity index (χ1v) is 17.0. The number of carbonyl (C=O) groups is 4. The van der Waals surface area contributed by atoms with Gasteiger partial charge in [-0.15, -0.1) is 0 Å². The van der Waals surface area contributed by atoms with Crippen LogP contribution in [0.1, 0.15) is 119 Å². The number of rotatable bonds is 10. The van der Waals surface area contributed by atoms with Gasteiger partial charge >= 0.3 is 24.1 Å². The summed E-state index contributed by atoms with van der Waals surface area (Å²) in [5.41, 5.74) is -0.135. The van der Waals surface area contributed by atoms with E-state index in [1.165, 1.54) is 0 Å². The van der Waals surface area contributed by atoms with Crippen molar-refractivity contribution in [2.45, 2.75) is 154 Å². The molecule has 0 heterocycles. The fourth-order valence-corrected chi connectivity index (χ4v) is 6.97. The van der Waals surface area contributed by atoms with Gasteiger partial charge in [0.05, 0.1) is 0 Å². The second kappa shape index (κ2) is 15.7. The minimum Gasteiger partial charge on any atom is -0.459 e. The Kier molecular flexibility index (Phi) is 12.8. The summed E-state index contributed by atoms with van der Waals surface area (Å²) in [6.45, 7) is 19.0. The Morgan fingerprint density at radius 2 is 0.826 bits per heavy atom. The topological polar surface area (TPSA) is 112 Å². The maximum absolute atomic E-state index is 13.3. The Labute approximate surface area is 276 Å². The summed E-state index contributed by atoms with van der Waals surface area (Å²) in [4.78, 5) is 53.8. The zero-order chi connectivity index (χ0) is 34.4. The van der Waals surface area contributed by atoms with Gasteiger partial charge in [-0.3, -0.25) is 0 Å². The monoisotopic (exact) mass is 646 g/mol. The van der Waals surface area contributed by atoms with Crippen molar-refractivity contribution in [3.8, 4) is 0 Å². The maximum Gasteiger partial charge on any atom is 0.410 e. The van der Waals surface area contributed by atoms with Crippen LogP contribution in [0.2, 0.25) is 0 Å². The molecule has 0 aromatic carbocycles. The lowest BCUT2D eigenvalue weighted by molar-refractivity contribution is -0.147. The highest BCUT2D eigenvalue weighted by molar-refractivity contribution is 5.87. The van der Waals surface area contributed by atoms with Crippen LogP contribution in [0, 0.1) is 11.8 Å². The second-order valence-electron chi connectivity index (χ2n) is 14.9. The number of hydrogen-bond acceptors (Lipinski definition) is 8. The van der Waals surface area contributed by atoms with E-state index >= 15 is 0 Å². The Hall–Kier alpha value is -3.04. The van der Waals surface area contributed by atoms with E-state index in [1.807, 2.05) is 14.1 Å². The number of amides is 2. The molecule has 10 nitrogen and oxygen atoms in total. The van der Waals surface area contributed by atoms with Crippen LogP contribution in [0.3, 0.4) is 0 Å². The van der Waals surface area contributed by atoms with Crippen molar-refractivity contribution in [3.63, 3.8) is 0 Å². The van der Waals surface area contributed by atoms with E-state index in [2.05, 4.69) is 40.9 Å². The predicted molar refractivity (Wildman–Crippen MR) is 176 cm³/mol. The average Bonchev–Trinajstić information content (AvgIpc) is 3.01. The molecule has 46 heavy (non-hydrogen) atoms. The van der Waals surface area contributed by atoms with E-state index in [4.69, 9.17) is 18.9 Å². The van der Waals surface area contributed by atoms with Crippen LogP contribution in [0.5, 0.6) is 0 Å². The smallest absolute Gasteiger partial charge is 0.410 e. The highest BCUT2D eigenvalue weighted by atomic mass is 16.6. The molecule has 10 heteroatoms. The van der Waals surface area contributed by atoms with Crippen molar-refractivity contribution in [1.82, 2.24) is 9.80 Å². The van der Waals surface area contributed by atoms with Crippen LogP contribution in [-0.4, -0.2) is 83.5 Å². The Balaban J connectivity index is 1.51. The van der Waals surface area contributed by atoms with E-state index in [-0.39, 0.29) is 60.4 Å². The number of ether oxygens (including phenoxy) is 4. The van der Waals surface area contributed by atoms with Crippen LogP contribution < -0.4 is 0 Å². The molecule has 260 valence electrons. The molecule has 0 aromatic heterocycles. The van der Waals surface area contributed by atoms with Gasteiger partial charge in [0, 0.05) is 36.3 Å². The quantitative estimate of drug-likeness (QED) is 0.138. The molecule has 0 bridgehead atoms. The standard InChI is InChI=1S/C36H58N2O8/c1-23(2)31(39)43-27-14-18-29(19-15-27)45-33(41)37(9)35(5,6)25-12-11-13-26(22-25)36(7,8)38(10)34(42)46-30-20-16-28(17-21-30)44-32(40)24(3)4/h25-30H,1,3,11-22H2,2,4-10H3. The van der Waals surface area contributed by atoms with E-state index in [9.17, 15) is 19.2 Å². The molecular weight excluding hydrogens is 588 g/mol. The van der Waals surface area contributed by atoms with E-state index < -0.39 is 11.1 Å². The van der Waals surface area contributed by atoms with Gasteiger partial charge in [0.15, 0.2) is 0 Å². The Morgan fingerprint density at radius 1 is 0.543 bits per heavy atom. The molecule has 0 aromatic rings. The highest BCUT2D eigenvalue weighted by Gasteiger charge is 2.46. The zero-order valence-electron chi connectivity index (χ0n) is 29.5. The summed E-state index contributed by atoms with van der Waals surface area (Å²) < 4.78 is 22.8. The largest absolute Gasteiger partial charge is 0.459 e. The predicted octanol–water partition coefficient (Wildman–Crippen LogP) is 7.35. The first-order chi connectivity index (χ1) is 21.4. The molecule has 3 aliphatic rings. The number of carbonyl (C=O) groups excluding carboxylic acids is 4. The lowest BCUT2D eigenvalue weighted by Crippen LogP contribution is -2.56. The minimum absolute atomic E-state index is 0.167. The highest BCUT2D eigenvalue weighted by Crippen LogP contribution is 2.44. The second-order valence-corrected chi connectivity index (χ2v) is 14.9. The van der Waals surface area contributed by atoms with Crippen LogP contribution in [0.4, 0.5) is 9.59 Å². The molecule has 0 aliphatic heterocycles. The van der Waals surface area contributed by atoms with Gasteiger partial charge in [0.2, 0.25) is 0 Å². The molecule has 2 unspecified atom stereocenters. The molecule has 0 spiro atoms. The van der Waals surface area contributed by atoms with Gasteiger partial charge in [0.1, 0.15) is 24.4 Å². The third kappa shape index (κ3) is 9.50. The molecule has 2 amide bonds. The summed E-state index contributed by atoms with van der Waals surface area (Å²) in [7, 11) is 3.63. The summed E-state index contributed by atoms with van der Waals surface area (Å²) in [5.74, 6) is -0.299. The first-order valence-electron chi connectivity index (χ1n) is 17.0. The van der Waals surface area contributed by atoms with Gasteiger partial charge in [-0.25, -0.2) is 19.2 Å². The Bertz CT molecular complexity index is 1040. The summed E-state index contributed by atoms with van der Waals surface area (Å²) in [6.07, 6.45) is 7.69. The molecule has 0 saturated heterocycles. The molecule has 3 saturated carbocycles. The van der Waals surface area contributed by atoms with E-state index in [0.29, 0.717) is 62.5 Å². The van der Waals surface area contributed by atoms with Gasteiger partial charge < -0.3 is 28.7 Å². The molecule has 3 aliphatic carbocycles. The summed E-state index contributed by atoms with van der Waals surface area (Å²) in [5, 5.41) is 0. The molecular formula is C36H58N2O8. The molecule has 3 rings (SSSR count). The van der Waals surface area contributed by atoms with Gasteiger partial charge in [0.25, 0.3) is 0 Å². The first kappa shape index (κ1) is 37.4. The van der Waals surface area contributed by atoms with E-state index in [1.54, 1.807) is 23.6 Å². The van der Waals surface area contributed by atoms with Crippen molar-refractivity contribution >= 4 is 24.1 Å². The van der Waals surface area contributed by atoms with Crippen molar-refractivity contribution in [1.29, 1.82) is 0 Å². The molecule has 0 radical (unpaired) electrons. The van der Waals surface area contributed by atoms with Crippen LogP contribution >= 0.6 is 0 Å². The fraction of sp³-hybridized carbons (Fsp3) is 0.778. The van der Waals surface area contributed by atoms with Gasteiger partial charge in [-0.1, -0.05) is 19.6 Å². The third-order valence-corrected chi connectivity index (χ3v) is 11.0. The lowest BCUT2D eigenvalue weighted by Gasteiger charge is -2.50. The molecule has 3 fully saturated rings. The van der Waals surface area contributed by atoms with E-state index in [0.717, 1.165) is 25.7 Å². The number of nitrogens with zero attached hydrogens (tertiary/aromatic N) is 2. The lowest BCUT2D eigenvalue weighted by atomic mass is 9.66. The molecule has 0 N–H and O–H groups in total. The zero-order valence-corrected chi connectivity index (χ0v) is 29.5. The Morgan fingerprint density at radius 3 is 1.11 bits per heavy atom. The van der Waals surface area contributed by atoms with Crippen molar-refractivity contribution < 1.29 is 38.1 Å². The number of esters is 2. The SMILES string of the molecule is C=C(C)C(=O)OC1CCC(OC(=O)N(C)C(C)(C)C2CCCC(C(C)(C)N(C)C(=O)OC3CCC(OC(=O)C(=C)C)CC3)C2)CC1. The molecule has 2 atom stereocenters. The van der Waals surface area contributed by atoms with Crippen LogP contribution in [0.25, 0.3) is 0 Å². The fourth-order valence-electron chi connectivity index (χ4n) is 6.97. The normalized spacial score (nSPS) is 27.0. The maximum atomic E-state index is 13.3. The van der Waals surface area contributed by atoms with Crippen molar-refractivity contribution in [2.24, 2.45) is 11.8 Å². The summed E-state index contributed by atoms with van der Waals surface area (Å²) >= 11 is 0. The van der Waals surface area contributed by atoms with Gasteiger partial charge in [-0.05, 0) is 124 Å². The average molecular weight is 647 g/mol. The number of hydrogen-bond donors (Lipinski definition) is 0.